The van der Waals surface area contributed by atoms with Gasteiger partial charge in [0.05, 0.1) is 49.1 Å². The van der Waals surface area contributed by atoms with Crippen molar-refractivity contribution in [2.75, 3.05) is 19.8 Å². The Bertz CT molecular complexity index is 2390. The van der Waals surface area contributed by atoms with Gasteiger partial charge in [0, 0.05) is 44.7 Å². The molecule has 1 spiro atoms. The van der Waals surface area contributed by atoms with E-state index in [1.807, 2.05) is 50.3 Å². The van der Waals surface area contributed by atoms with E-state index in [1.54, 1.807) is 26.8 Å². The van der Waals surface area contributed by atoms with E-state index >= 15 is 0 Å². The summed E-state index contributed by atoms with van der Waals surface area (Å²) in [7, 11) is 0. The molecule has 1 aliphatic carbocycles. The zero-order valence-electron chi connectivity index (χ0n) is 44.7. The van der Waals surface area contributed by atoms with E-state index < -0.39 is 54.1 Å². The Labute approximate surface area is 441 Å². The highest BCUT2D eigenvalue weighted by atomic mass is 16.6. The number of amides is 6. The molecule has 0 aromatic heterocycles. The summed E-state index contributed by atoms with van der Waals surface area (Å²) in [4.78, 5) is 88.5. The summed E-state index contributed by atoms with van der Waals surface area (Å²) in [6.07, 6.45) is 11.7. The molecule has 6 N–H and O–H groups in total. The molecule has 4 aliphatic rings. The number of esters is 1. The number of unbranched alkanes of at least 4 members (excludes halogenated alkanes) is 2. The van der Waals surface area contributed by atoms with Gasteiger partial charge >= 0.3 is 12.1 Å². The lowest BCUT2D eigenvalue weighted by Gasteiger charge is -2.39. The molecule has 2 aromatic carbocycles. The third kappa shape index (κ3) is 17.6. The van der Waals surface area contributed by atoms with E-state index in [-0.39, 0.29) is 79.0 Å². The van der Waals surface area contributed by atoms with Gasteiger partial charge in [0.2, 0.25) is 23.6 Å². The molecule has 408 valence electrons. The monoisotopic (exact) mass is 1040 g/mol. The molecule has 0 bridgehead atoms. The second-order valence-electron chi connectivity index (χ2n) is 20.9. The molecule has 0 unspecified atom stereocenters. The number of hydrogen-bond donors (Lipinski definition) is 6. The van der Waals surface area contributed by atoms with E-state index in [0.717, 1.165) is 34.2 Å². The molecule has 18 heteroatoms. The van der Waals surface area contributed by atoms with Crippen LogP contribution in [0.3, 0.4) is 0 Å². The molecule has 3 fully saturated rings. The zero-order chi connectivity index (χ0) is 54.2. The van der Waals surface area contributed by atoms with Crippen LogP contribution in [-0.2, 0) is 52.5 Å². The summed E-state index contributed by atoms with van der Waals surface area (Å²) in [5, 5.41) is 11.2. The largest absolute Gasteiger partial charge is 0.459 e. The van der Waals surface area contributed by atoms with E-state index in [9.17, 15) is 33.6 Å². The number of nitrogens with one attached hydrogen (secondary N) is 6. The lowest BCUT2D eigenvalue weighted by Crippen LogP contribution is -2.56. The highest BCUT2D eigenvalue weighted by Crippen LogP contribution is 2.45. The number of rotatable bonds is 23. The predicted molar refractivity (Wildman–Crippen MR) is 281 cm³/mol. The number of alkyl carbamates (subject to hydrolysis) is 1. The molecular weight excluding hydrogens is 961 g/mol. The minimum atomic E-state index is -1.03. The molecule has 3 heterocycles. The molecule has 0 radical (unpaired) electrons. The van der Waals surface area contributed by atoms with Crippen molar-refractivity contribution in [2.24, 2.45) is 11.8 Å². The normalized spacial score (nSPS) is 24.4. The number of allylic oxidation sites excluding steroid dienone is 2. The number of hydrazine groups is 1. The second kappa shape index (κ2) is 27.4. The van der Waals surface area contributed by atoms with E-state index in [1.165, 1.54) is 19.9 Å². The maximum absolute atomic E-state index is 13.3. The molecule has 75 heavy (non-hydrogen) atoms. The smallest absolute Gasteiger partial charge is 0.407 e. The zero-order valence-corrected chi connectivity index (χ0v) is 44.7. The molecule has 10 atom stereocenters. The number of carbonyl (C=O) groups excluding carboxylic acids is 7. The van der Waals surface area contributed by atoms with Gasteiger partial charge in [0.1, 0.15) is 24.8 Å². The SMILES string of the molecule is CC(=O)O[C@@H](C)/C=C\C(=O)N[C@@H]1C[C@H](C)[C@H](C/C=C(C)/C=C/[C@@H]2C[C@]3(CO3)C[C@@H](CC(=O)NNC(=O)[C@H](C)NC(=O)[C@@H](NC(=O)CCCCCNC(=O)OCC3c4ccccc4-c4ccccc43)C(C)C)O2)O[C@@H]1C. The third-order valence-corrected chi connectivity index (χ3v) is 14.2. The molecule has 3 aliphatic heterocycles. The maximum Gasteiger partial charge on any atom is 0.407 e. The molecule has 18 nitrogen and oxygen atoms in total. The van der Waals surface area contributed by atoms with Crippen molar-refractivity contribution < 1.29 is 57.2 Å². The average Bonchev–Trinajstić information content (AvgIpc) is 4.03. The standard InChI is InChI=1S/C57H78N6O12/c1-34(2)53(61-50(65)20-10-9-15-27-58-56(70)71-32-47-45-18-13-11-16-43(45)44-17-12-14-19-46(44)47)55(69)59-38(6)54(68)63-62-52(67)29-42-31-57(33-72-57)30-41(75-42)24-21-35(3)22-25-49-36(4)28-48(39(7)74-49)60-51(66)26-23-37(5)73-40(8)64/h11-14,16-19,21-24,26,34,36-39,41-42,47-49,53H,9-10,15,20,25,27-33H2,1-8H3,(H,58,70)(H,59,69)(H,60,66)(H,61,65)(H,62,67)(H,63,68)/b24-21+,26-23-,35-22+/t36-,37-,38-,39+,41+,42+,48+,49-,53-,57+/m0/s1. The van der Waals surface area contributed by atoms with Crippen molar-refractivity contribution >= 4 is 41.6 Å². The summed E-state index contributed by atoms with van der Waals surface area (Å²) < 4.78 is 29.1. The van der Waals surface area contributed by atoms with Gasteiger partial charge in [-0.2, -0.15) is 0 Å². The lowest BCUT2D eigenvalue weighted by atomic mass is 9.88. The minimum absolute atomic E-state index is 0.0254. The van der Waals surface area contributed by atoms with Crippen LogP contribution in [0.15, 0.2) is 84.5 Å². The van der Waals surface area contributed by atoms with Crippen molar-refractivity contribution in [1.29, 1.82) is 0 Å². The summed E-state index contributed by atoms with van der Waals surface area (Å²) in [5.74, 6) is -2.74. The molecule has 2 aromatic rings. The first kappa shape index (κ1) is 57.9. The summed E-state index contributed by atoms with van der Waals surface area (Å²) >= 11 is 0. The van der Waals surface area contributed by atoms with Crippen LogP contribution in [0.1, 0.15) is 130 Å². The number of epoxide rings is 1. The number of fused-ring (bicyclic) bond motifs is 3. The van der Waals surface area contributed by atoms with Gasteiger partial charge < -0.3 is 45.0 Å². The van der Waals surface area contributed by atoms with Gasteiger partial charge in [-0.15, -0.1) is 0 Å². The quantitative estimate of drug-likeness (QED) is 0.0180. The van der Waals surface area contributed by atoms with Gasteiger partial charge in [-0.1, -0.05) is 99.5 Å². The van der Waals surface area contributed by atoms with Crippen molar-refractivity contribution in [2.45, 2.75) is 173 Å². The minimum Gasteiger partial charge on any atom is -0.459 e. The molecule has 0 saturated carbocycles. The highest BCUT2D eigenvalue weighted by molar-refractivity contribution is 5.93. The second-order valence-corrected chi connectivity index (χ2v) is 20.9. The Kier molecular flexibility index (Phi) is 21.2. The summed E-state index contributed by atoms with van der Waals surface area (Å²) in [6, 6.07) is 14.2. The Morgan fingerprint density at radius 2 is 1.51 bits per heavy atom. The fraction of sp³-hybridized carbons (Fsp3) is 0.561. The lowest BCUT2D eigenvalue weighted by molar-refractivity contribution is -0.143. The Morgan fingerprint density at radius 3 is 2.17 bits per heavy atom. The summed E-state index contributed by atoms with van der Waals surface area (Å²) in [5.41, 5.74) is 10.1. The fourth-order valence-electron chi connectivity index (χ4n) is 9.95. The topological polar surface area (TPSA) is 241 Å². The van der Waals surface area contributed by atoms with Crippen LogP contribution in [0.2, 0.25) is 0 Å². The van der Waals surface area contributed by atoms with Crippen LogP contribution in [0.4, 0.5) is 4.79 Å². The number of carbonyl (C=O) groups is 7. The van der Waals surface area contributed by atoms with E-state index in [2.05, 4.69) is 69.4 Å². The van der Waals surface area contributed by atoms with Gasteiger partial charge in [-0.3, -0.25) is 39.6 Å². The number of ether oxygens (including phenoxy) is 5. The predicted octanol–water partition coefficient (Wildman–Crippen LogP) is 6.28. The van der Waals surface area contributed by atoms with Crippen LogP contribution < -0.4 is 32.1 Å². The molecular formula is C57H78N6O12. The van der Waals surface area contributed by atoms with Gasteiger partial charge in [0.15, 0.2) is 0 Å². The highest BCUT2D eigenvalue weighted by Gasteiger charge is 2.51. The van der Waals surface area contributed by atoms with Crippen molar-refractivity contribution in [3.63, 3.8) is 0 Å². The van der Waals surface area contributed by atoms with Crippen LogP contribution in [0.25, 0.3) is 11.1 Å². The Balaban J connectivity index is 0.842. The maximum atomic E-state index is 13.3. The van der Waals surface area contributed by atoms with Crippen molar-refractivity contribution in [1.82, 2.24) is 32.1 Å². The molecule has 3 saturated heterocycles. The van der Waals surface area contributed by atoms with Crippen LogP contribution >= 0.6 is 0 Å². The molecule has 6 amide bonds. The Morgan fingerprint density at radius 1 is 0.813 bits per heavy atom. The first-order valence-electron chi connectivity index (χ1n) is 26.5. The number of benzene rings is 2. The Hall–Kier alpha value is -6.37. The fourth-order valence-corrected chi connectivity index (χ4v) is 9.95. The van der Waals surface area contributed by atoms with Crippen molar-refractivity contribution in [3.8, 4) is 11.1 Å². The van der Waals surface area contributed by atoms with Gasteiger partial charge in [-0.25, -0.2) is 4.79 Å². The summed E-state index contributed by atoms with van der Waals surface area (Å²) in [6.45, 7) is 15.3. The van der Waals surface area contributed by atoms with Crippen LogP contribution in [-0.4, -0.2) is 116 Å². The first-order valence-corrected chi connectivity index (χ1v) is 26.5. The van der Waals surface area contributed by atoms with E-state index in [4.69, 9.17) is 23.7 Å². The van der Waals surface area contributed by atoms with Gasteiger partial charge in [0.25, 0.3) is 5.91 Å². The average molecular weight is 1040 g/mol. The third-order valence-electron chi connectivity index (χ3n) is 14.2. The van der Waals surface area contributed by atoms with Crippen LogP contribution in [0.5, 0.6) is 0 Å². The van der Waals surface area contributed by atoms with E-state index in [0.29, 0.717) is 51.7 Å². The van der Waals surface area contributed by atoms with Crippen molar-refractivity contribution in [3.05, 3.63) is 95.6 Å². The molecule has 6 rings (SSSR count). The number of hydrogen-bond acceptors (Lipinski definition) is 12. The van der Waals surface area contributed by atoms with Crippen LogP contribution in [0, 0.1) is 11.8 Å². The van der Waals surface area contributed by atoms with Gasteiger partial charge in [-0.05, 0) is 93.5 Å². The first-order chi connectivity index (χ1) is 35.8.